The molecule has 0 atom stereocenters. The van der Waals surface area contributed by atoms with Gasteiger partial charge in [-0.3, -0.25) is 0 Å². The Morgan fingerprint density at radius 1 is 0.690 bits per heavy atom. The van der Waals surface area contributed by atoms with Crippen molar-refractivity contribution >= 4 is 17.5 Å². The summed E-state index contributed by atoms with van der Waals surface area (Å²) in [6, 6.07) is 34.2. The van der Waals surface area contributed by atoms with E-state index in [9.17, 15) is 0 Å². The van der Waals surface area contributed by atoms with E-state index < -0.39 is 0 Å². The molecule has 0 saturated carbocycles. The van der Waals surface area contributed by atoms with E-state index in [0.717, 1.165) is 17.2 Å². The number of hydrogen-bond donors (Lipinski definition) is 0. The SMILES string of the molecule is Cc1ccc(C2=N[n+]3c(cc(-c4ccccc4)cc3-c3ccccc3)SC2)cc1. The number of aromatic nitrogens is 1. The third-order valence-corrected chi connectivity index (χ3v) is 6.15. The van der Waals surface area contributed by atoms with Crippen molar-refractivity contribution in [3.8, 4) is 22.4 Å². The van der Waals surface area contributed by atoms with Gasteiger partial charge in [-0.2, -0.15) is 0 Å². The minimum absolute atomic E-state index is 0.871. The highest BCUT2D eigenvalue weighted by atomic mass is 32.2. The van der Waals surface area contributed by atoms with Crippen LogP contribution < -0.4 is 4.68 Å². The number of fused-ring (bicyclic) bond motifs is 1. The second-order valence-corrected chi connectivity index (χ2v) is 8.21. The van der Waals surface area contributed by atoms with Gasteiger partial charge in [0.25, 0.3) is 5.03 Å². The molecule has 140 valence electrons. The Kier molecular flexibility index (Phi) is 4.74. The predicted octanol–water partition coefficient (Wildman–Crippen LogP) is 5.97. The van der Waals surface area contributed by atoms with Crippen molar-refractivity contribution in [2.24, 2.45) is 5.10 Å². The van der Waals surface area contributed by atoms with E-state index in [2.05, 4.69) is 109 Å². The standard InChI is InChI=1S/C26H21N2S/c1-19-12-14-21(15-13-19)24-18-29-26-17-23(20-8-4-2-5-9-20)16-25(28(26)27-24)22-10-6-3-7-11-22/h2-17H,18H2,1H3/q+1. The van der Waals surface area contributed by atoms with Gasteiger partial charge in [0, 0.05) is 28.4 Å². The monoisotopic (exact) mass is 393 g/mol. The van der Waals surface area contributed by atoms with Crippen LogP contribution in [0.3, 0.4) is 0 Å². The number of aryl methyl sites for hydroxylation is 1. The first-order chi connectivity index (χ1) is 14.3. The van der Waals surface area contributed by atoms with Crippen LogP contribution in [-0.4, -0.2) is 11.5 Å². The van der Waals surface area contributed by atoms with Crippen molar-refractivity contribution in [3.63, 3.8) is 0 Å². The van der Waals surface area contributed by atoms with Crippen LogP contribution in [0.5, 0.6) is 0 Å². The molecule has 0 fully saturated rings. The first-order valence-corrected chi connectivity index (χ1v) is 10.8. The Bertz CT molecular complexity index is 1180. The summed E-state index contributed by atoms with van der Waals surface area (Å²) in [6.45, 7) is 2.11. The molecular weight excluding hydrogens is 372 g/mol. The molecule has 2 nitrogen and oxygen atoms in total. The summed E-state index contributed by atoms with van der Waals surface area (Å²) in [5, 5.41) is 6.24. The minimum Gasteiger partial charge on any atom is -0.0622 e. The second-order valence-electron chi connectivity index (χ2n) is 7.21. The highest BCUT2D eigenvalue weighted by Gasteiger charge is 2.27. The quantitative estimate of drug-likeness (QED) is 0.391. The van der Waals surface area contributed by atoms with E-state index in [1.807, 2.05) is 11.8 Å². The van der Waals surface area contributed by atoms with Crippen molar-refractivity contribution in [3.05, 3.63) is 108 Å². The summed E-state index contributed by atoms with van der Waals surface area (Å²) < 4.78 is 2.10. The molecule has 0 bridgehead atoms. The third kappa shape index (κ3) is 3.62. The van der Waals surface area contributed by atoms with E-state index in [0.29, 0.717) is 0 Å². The molecule has 3 heteroatoms. The fourth-order valence-electron chi connectivity index (χ4n) is 3.56. The Hall–Kier alpha value is -3.17. The summed E-state index contributed by atoms with van der Waals surface area (Å²) in [7, 11) is 0. The molecule has 0 N–H and O–H groups in total. The van der Waals surface area contributed by atoms with Crippen molar-refractivity contribution < 1.29 is 4.68 Å². The number of pyridine rings is 1. The van der Waals surface area contributed by atoms with Crippen molar-refractivity contribution in [1.29, 1.82) is 0 Å². The Morgan fingerprint density at radius 2 is 1.34 bits per heavy atom. The molecule has 2 heterocycles. The second kappa shape index (κ2) is 7.69. The van der Waals surface area contributed by atoms with Gasteiger partial charge >= 0.3 is 0 Å². The zero-order valence-corrected chi connectivity index (χ0v) is 17.1. The highest BCUT2D eigenvalue weighted by Crippen LogP contribution is 2.30. The van der Waals surface area contributed by atoms with E-state index in [1.165, 1.54) is 32.8 Å². The van der Waals surface area contributed by atoms with Gasteiger partial charge in [0.05, 0.1) is 5.75 Å². The maximum Gasteiger partial charge on any atom is 0.273 e. The molecule has 0 unspecified atom stereocenters. The first kappa shape index (κ1) is 17.9. The minimum atomic E-state index is 0.871. The van der Waals surface area contributed by atoms with Crippen LogP contribution in [0.1, 0.15) is 11.1 Å². The summed E-state index contributed by atoms with van der Waals surface area (Å²) >= 11 is 1.85. The highest BCUT2D eigenvalue weighted by molar-refractivity contribution is 7.99. The first-order valence-electron chi connectivity index (χ1n) is 9.76. The van der Waals surface area contributed by atoms with Gasteiger partial charge in [-0.15, -0.1) is 0 Å². The van der Waals surface area contributed by atoms with Crippen LogP contribution in [-0.2, 0) is 0 Å². The zero-order chi connectivity index (χ0) is 19.6. The lowest BCUT2D eigenvalue weighted by atomic mass is 10.0. The summed E-state index contributed by atoms with van der Waals surface area (Å²) in [4.78, 5) is 0. The molecule has 0 aliphatic carbocycles. The van der Waals surface area contributed by atoms with Gasteiger partial charge in [-0.25, -0.2) is 0 Å². The molecule has 0 saturated heterocycles. The normalized spacial score (nSPS) is 12.9. The molecule has 0 amide bonds. The lowest BCUT2D eigenvalue weighted by Gasteiger charge is -2.13. The molecule has 5 rings (SSSR count). The molecule has 1 aliphatic heterocycles. The van der Waals surface area contributed by atoms with Crippen LogP contribution in [0.4, 0.5) is 0 Å². The van der Waals surface area contributed by atoms with Crippen molar-refractivity contribution in [2.45, 2.75) is 11.9 Å². The molecule has 1 aromatic heterocycles. The number of rotatable bonds is 3. The number of hydrogen-bond acceptors (Lipinski definition) is 2. The van der Waals surface area contributed by atoms with Crippen LogP contribution in [0.2, 0.25) is 0 Å². The number of benzene rings is 3. The molecule has 29 heavy (non-hydrogen) atoms. The molecular formula is C26H21N2S+. The maximum absolute atomic E-state index is 5.07. The zero-order valence-electron chi connectivity index (χ0n) is 16.2. The summed E-state index contributed by atoms with van der Waals surface area (Å²) in [5.74, 6) is 0.871. The summed E-state index contributed by atoms with van der Waals surface area (Å²) in [6.07, 6.45) is 0. The average Bonchev–Trinajstić information content (AvgIpc) is 2.80. The number of nitrogens with zero attached hydrogens (tertiary/aromatic N) is 2. The van der Waals surface area contributed by atoms with Crippen LogP contribution in [0, 0.1) is 6.92 Å². The van der Waals surface area contributed by atoms with E-state index in [-0.39, 0.29) is 0 Å². The van der Waals surface area contributed by atoms with Gasteiger partial charge < -0.3 is 0 Å². The Balaban J connectivity index is 1.69. The van der Waals surface area contributed by atoms with Gasteiger partial charge in [0.15, 0.2) is 0 Å². The average molecular weight is 394 g/mol. The van der Waals surface area contributed by atoms with Gasteiger partial charge in [0.2, 0.25) is 5.69 Å². The smallest absolute Gasteiger partial charge is 0.0622 e. The molecule has 3 aromatic carbocycles. The molecule has 0 radical (unpaired) electrons. The van der Waals surface area contributed by atoms with Crippen LogP contribution >= 0.6 is 11.8 Å². The molecule has 4 aromatic rings. The van der Waals surface area contributed by atoms with Gasteiger partial charge in [-0.05, 0) is 46.6 Å². The fourth-order valence-corrected chi connectivity index (χ4v) is 4.54. The van der Waals surface area contributed by atoms with Gasteiger partial charge in [-0.1, -0.05) is 78.4 Å². The lowest BCUT2D eigenvalue weighted by Crippen LogP contribution is -2.38. The van der Waals surface area contributed by atoms with E-state index in [1.54, 1.807) is 0 Å². The molecule has 0 spiro atoms. The maximum atomic E-state index is 5.07. The Morgan fingerprint density at radius 3 is 2.03 bits per heavy atom. The topological polar surface area (TPSA) is 16.2 Å². The van der Waals surface area contributed by atoms with Crippen LogP contribution in [0.25, 0.3) is 22.4 Å². The number of thioether (sulfide) groups is 1. The largest absolute Gasteiger partial charge is 0.273 e. The van der Waals surface area contributed by atoms with Crippen LogP contribution in [0.15, 0.2) is 107 Å². The predicted molar refractivity (Wildman–Crippen MR) is 121 cm³/mol. The van der Waals surface area contributed by atoms with E-state index in [4.69, 9.17) is 5.10 Å². The third-order valence-electron chi connectivity index (χ3n) is 5.15. The fraction of sp³-hybridized carbons (Fsp3) is 0.0769. The van der Waals surface area contributed by atoms with Crippen molar-refractivity contribution in [2.75, 3.05) is 5.75 Å². The van der Waals surface area contributed by atoms with E-state index >= 15 is 0 Å². The lowest BCUT2D eigenvalue weighted by molar-refractivity contribution is -0.705. The Labute approximate surface area is 175 Å². The molecule has 1 aliphatic rings. The summed E-state index contributed by atoms with van der Waals surface area (Å²) in [5.41, 5.74) is 8.28. The van der Waals surface area contributed by atoms with Gasteiger partial charge in [0.1, 0.15) is 5.71 Å². The van der Waals surface area contributed by atoms with Crippen molar-refractivity contribution in [1.82, 2.24) is 0 Å².